The van der Waals surface area contributed by atoms with E-state index in [2.05, 4.69) is 6.58 Å². The summed E-state index contributed by atoms with van der Waals surface area (Å²) in [6.07, 6.45) is 1.16. The molecule has 2 aromatic rings. The molecule has 3 rings (SSSR count). The highest BCUT2D eigenvalue weighted by Crippen LogP contribution is 2.38. The van der Waals surface area contributed by atoms with Gasteiger partial charge in [-0.2, -0.15) is 0 Å². The molecule has 122 valence electrons. The Morgan fingerprint density at radius 1 is 1.25 bits per heavy atom. The molecule has 0 fully saturated rings. The molecule has 24 heavy (non-hydrogen) atoms. The van der Waals surface area contributed by atoms with E-state index in [-0.39, 0.29) is 11.7 Å². The second-order valence-corrected chi connectivity index (χ2v) is 5.84. The Hall–Kier alpha value is -2.88. The Labute approximate surface area is 141 Å². The van der Waals surface area contributed by atoms with Gasteiger partial charge in [0.2, 0.25) is 0 Å². The quantitative estimate of drug-likeness (QED) is 0.804. The van der Waals surface area contributed by atoms with Crippen LogP contribution in [-0.2, 0) is 11.3 Å². The average Bonchev–Trinajstić information content (AvgIpc) is 2.59. The number of ether oxygens (including phenoxy) is 1. The normalized spacial score (nSPS) is 16.3. The van der Waals surface area contributed by atoms with Crippen LogP contribution in [0.1, 0.15) is 35.3 Å². The molecule has 1 heterocycles. The number of Topliss-reactive ketones (excluding diaryl/α,β-unsaturated/α-hetero) is 1. The van der Waals surface area contributed by atoms with Gasteiger partial charge >= 0.3 is 0 Å². The van der Waals surface area contributed by atoms with Crippen LogP contribution >= 0.6 is 0 Å². The molecule has 1 aliphatic rings. The maximum absolute atomic E-state index is 12.6. The van der Waals surface area contributed by atoms with Crippen LogP contribution in [0.4, 0.5) is 5.69 Å². The molecule has 2 aromatic carbocycles. The fraction of sp³-hybridized carbons (Fsp3) is 0.200. The molecular formula is C20H19NO3. The number of carbonyl (C=O) groups is 2. The Bertz CT molecular complexity index is 808. The maximum atomic E-state index is 12.6. The minimum Gasteiger partial charge on any atom is -0.478 e. The minimum absolute atomic E-state index is 0.0799. The molecule has 0 N–H and O–H groups in total. The van der Waals surface area contributed by atoms with Gasteiger partial charge in [-0.15, -0.1) is 0 Å². The largest absolute Gasteiger partial charge is 0.478 e. The van der Waals surface area contributed by atoms with E-state index in [0.29, 0.717) is 23.5 Å². The molecule has 0 saturated carbocycles. The van der Waals surface area contributed by atoms with Crippen molar-refractivity contribution in [3.8, 4) is 5.75 Å². The highest BCUT2D eigenvalue weighted by atomic mass is 16.5. The molecule has 1 atom stereocenters. The molecule has 1 aliphatic heterocycles. The van der Waals surface area contributed by atoms with E-state index >= 15 is 0 Å². The van der Waals surface area contributed by atoms with Gasteiger partial charge in [0, 0.05) is 0 Å². The van der Waals surface area contributed by atoms with E-state index in [1.54, 1.807) is 30.0 Å². The fourth-order valence-corrected chi connectivity index (χ4v) is 2.81. The number of hydrogen-bond acceptors (Lipinski definition) is 3. The summed E-state index contributed by atoms with van der Waals surface area (Å²) in [6.45, 7) is 7.37. The SMILES string of the molecule is C=Cc1ccc(CN2C(=O)C(C)Oc3c(C(C)=O)cccc32)cc1. The van der Waals surface area contributed by atoms with E-state index in [9.17, 15) is 9.59 Å². The highest BCUT2D eigenvalue weighted by Gasteiger charge is 2.33. The van der Waals surface area contributed by atoms with Crippen molar-refractivity contribution in [3.05, 3.63) is 65.7 Å². The lowest BCUT2D eigenvalue weighted by molar-refractivity contribution is -0.125. The molecular weight excluding hydrogens is 302 g/mol. The molecule has 4 nitrogen and oxygen atoms in total. The van der Waals surface area contributed by atoms with Crippen LogP contribution in [0.25, 0.3) is 6.08 Å². The zero-order valence-corrected chi connectivity index (χ0v) is 13.8. The van der Waals surface area contributed by atoms with E-state index in [1.807, 2.05) is 30.3 Å². The molecule has 0 saturated heterocycles. The van der Waals surface area contributed by atoms with Crippen molar-refractivity contribution in [2.24, 2.45) is 0 Å². The average molecular weight is 321 g/mol. The summed E-state index contributed by atoms with van der Waals surface area (Å²) in [5, 5.41) is 0. The van der Waals surface area contributed by atoms with Gasteiger partial charge in [0.1, 0.15) is 0 Å². The second-order valence-electron chi connectivity index (χ2n) is 5.84. The first kappa shape index (κ1) is 16.0. The van der Waals surface area contributed by atoms with Crippen LogP contribution in [0.2, 0.25) is 0 Å². The number of hydrogen-bond donors (Lipinski definition) is 0. The van der Waals surface area contributed by atoms with E-state index in [1.165, 1.54) is 6.92 Å². The first-order valence-electron chi connectivity index (χ1n) is 7.84. The van der Waals surface area contributed by atoms with Gasteiger partial charge in [-0.25, -0.2) is 0 Å². The number of amides is 1. The first-order chi connectivity index (χ1) is 11.5. The summed E-state index contributed by atoms with van der Waals surface area (Å²) in [5.41, 5.74) is 3.17. The number of nitrogens with zero attached hydrogens (tertiary/aromatic N) is 1. The molecule has 0 radical (unpaired) electrons. The Morgan fingerprint density at radius 2 is 1.96 bits per heavy atom. The summed E-state index contributed by atoms with van der Waals surface area (Å²) in [5.74, 6) is 0.291. The highest BCUT2D eigenvalue weighted by molar-refractivity contribution is 6.05. The van der Waals surface area contributed by atoms with Crippen molar-refractivity contribution in [1.29, 1.82) is 0 Å². The first-order valence-corrected chi connectivity index (χ1v) is 7.84. The van der Waals surface area contributed by atoms with Gasteiger partial charge in [0.25, 0.3) is 5.91 Å². The fourth-order valence-electron chi connectivity index (χ4n) is 2.81. The van der Waals surface area contributed by atoms with Crippen molar-refractivity contribution in [2.45, 2.75) is 26.5 Å². The molecule has 0 bridgehead atoms. The predicted molar refractivity (Wildman–Crippen MR) is 94.3 cm³/mol. The number of fused-ring (bicyclic) bond motifs is 1. The van der Waals surface area contributed by atoms with Crippen molar-refractivity contribution in [3.63, 3.8) is 0 Å². The van der Waals surface area contributed by atoms with Crippen molar-refractivity contribution < 1.29 is 14.3 Å². The molecule has 0 aromatic heterocycles. The number of rotatable bonds is 4. The molecule has 0 spiro atoms. The van der Waals surface area contributed by atoms with Gasteiger partial charge in [0.15, 0.2) is 17.6 Å². The maximum Gasteiger partial charge on any atom is 0.268 e. The second kappa shape index (κ2) is 6.32. The van der Waals surface area contributed by atoms with E-state index in [4.69, 9.17) is 4.74 Å². The third-order valence-corrected chi connectivity index (χ3v) is 4.13. The van der Waals surface area contributed by atoms with Crippen molar-refractivity contribution in [1.82, 2.24) is 0 Å². The van der Waals surface area contributed by atoms with E-state index < -0.39 is 6.10 Å². The monoisotopic (exact) mass is 321 g/mol. The standard InChI is InChI=1S/C20H19NO3/c1-4-15-8-10-16(11-9-15)12-21-18-7-5-6-17(13(2)22)19(18)24-14(3)20(21)23/h4-11,14H,1,12H2,2-3H3. The third-order valence-electron chi connectivity index (χ3n) is 4.13. The number of benzene rings is 2. The zero-order valence-electron chi connectivity index (χ0n) is 13.8. The molecule has 0 aliphatic carbocycles. The number of para-hydroxylation sites is 1. The number of ketones is 1. The van der Waals surface area contributed by atoms with Crippen LogP contribution in [0.15, 0.2) is 49.0 Å². The lowest BCUT2D eigenvalue weighted by Crippen LogP contribution is -2.44. The summed E-state index contributed by atoms with van der Waals surface area (Å²) < 4.78 is 5.72. The number of anilines is 1. The van der Waals surface area contributed by atoms with Crippen molar-refractivity contribution >= 4 is 23.5 Å². The van der Waals surface area contributed by atoms with Gasteiger partial charge in [-0.3, -0.25) is 9.59 Å². The van der Waals surface area contributed by atoms with Crippen molar-refractivity contribution in [2.75, 3.05) is 4.90 Å². The van der Waals surface area contributed by atoms with Crippen LogP contribution in [0.5, 0.6) is 5.75 Å². The Morgan fingerprint density at radius 3 is 2.58 bits per heavy atom. The topological polar surface area (TPSA) is 46.6 Å². The van der Waals surface area contributed by atoms with Crippen LogP contribution < -0.4 is 9.64 Å². The van der Waals surface area contributed by atoms with E-state index in [0.717, 1.165) is 11.1 Å². The lowest BCUT2D eigenvalue weighted by atomic mass is 10.0. The van der Waals surface area contributed by atoms with Gasteiger partial charge in [-0.05, 0) is 37.1 Å². The van der Waals surface area contributed by atoms with Crippen LogP contribution in [0.3, 0.4) is 0 Å². The smallest absolute Gasteiger partial charge is 0.268 e. The predicted octanol–water partition coefficient (Wildman–Crippen LogP) is 3.85. The van der Waals surface area contributed by atoms with Gasteiger partial charge in [-0.1, -0.05) is 43.0 Å². The summed E-state index contributed by atoms with van der Waals surface area (Å²) in [4.78, 5) is 26.1. The Kier molecular flexibility index (Phi) is 4.21. The van der Waals surface area contributed by atoms with Gasteiger partial charge in [0.05, 0.1) is 17.8 Å². The van der Waals surface area contributed by atoms with Crippen LogP contribution in [-0.4, -0.2) is 17.8 Å². The molecule has 1 unspecified atom stereocenters. The number of carbonyl (C=O) groups excluding carboxylic acids is 2. The summed E-state index contributed by atoms with van der Waals surface area (Å²) in [6, 6.07) is 13.2. The minimum atomic E-state index is -0.620. The summed E-state index contributed by atoms with van der Waals surface area (Å²) in [7, 11) is 0. The summed E-state index contributed by atoms with van der Waals surface area (Å²) >= 11 is 0. The Balaban J connectivity index is 2.01. The van der Waals surface area contributed by atoms with Gasteiger partial charge < -0.3 is 9.64 Å². The van der Waals surface area contributed by atoms with Crippen LogP contribution in [0, 0.1) is 0 Å². The molecule has 4 heteroatoms. The molecule has 1 amide bonds. The third kappa shape index (κ3) is 2.83. The zero-order chi connectivity index (χ0) is 17.3. The lowest BCUT2D eigenvalue weighted by Gasteiger charge is -2.34.